The van der Waals surface area contributed by atoms with Crippen molar-refractivity contribution in [1.29, 1.82) is 0 Å². The van der Waals surface area contributed by atoms with Gasteiger partial charge in [-0.05, 0) is 52.4 Å². The molecule has 0 unspecified atom stereocenters. The predicted molar refractivity (Wildman–Crippen MR) is 153 cm³/mol. The number of carboxylic acids is 1. The lowest BCUT2D eigenvalue weighted by Crippen LogP contribution is -2.26. The number of rotatable bonds is 12. The predicted octanol–water partition coefficient (Wildman–Crippen LogP) is 5.13. The summed E-state index contributed by atoms with van der Waals surface area (Å²) in [6.07, 6.45) is 6.96. The fourth-order valence-corrected chi connectivity index (χ4v) is 5.25. The molecule has 0 aliphatic carbocycles. The normalized spacial score (nSPS) is 11.5. The molecule has 0 spiro atoms. The molecule has 39 heavy (non-hydrogen) atoms. The maximum Gasteiger partial charge on any atom is 0.322 e. The minimum Gasteiger partial charge on any atom is -0.480 e. The number of aliphatic carboxylic acids is 1. The highest BCUT2D eigenvalue weighted by Gasteiger charge is 2.20. The van der Waals surface area contributed by atoms with Crippen molar-refractivity contribution in [2.24, 2.45) is 0 Å². The number of nitrogens with one attached hydrogen (secondary N) is 2. The van der Waals surface area contributed by atoms with E-state index in [9.17, 15) is 13.2 Å². The summed E-state index contributed by atoms with van der Waals surface area (Å²) in [6, 6.07) is 24.8. The van der Waals surface area contributed by atoms with Crippen molar-refractivity contribution >= 4 is 27.9 Å². The van der Waals surface area contributed by atoms with E-state index in [0.717, 1.165) is 28.7 Å². The minimum absolute atomic E-state index is 0.0389. The Kier molecular flexibility index (Phi) is 9.19. The summed E-state index contributed by atoms with van der Waals surface area (Å²) in [5, 5.41) is 11.5. The van der Waals surface area contributed by atoms with Crippen molar-refractivity contribution in [3.05, 3.63) is 114 Å². The molecule has 0 saturated heterocycles. The molecule has 0 radical (unpaired) electrons. The van der Waals surface area contributed by atoms with E-state index < -0.39 is 16.0 Å². The van der Waals surface area contributed by atoms with Crippen molar-refractivity contribution in [1.82, 2.24) is 14.7 Å². The Morgan fingerprint density at radius 2 is 1.82 bits per heavy atom. The van der Waals surface area contributed by atoms with Crippen LogP contribution >= 0.6 is 0 Å². The van der Waals surface area contributed by atoms with Crippen LogP contribution in [0.1, 0.15) is 35.7 Å². The number of allylic oxidation sites excluding steroid dienone is 1. The van der Waals surface area contributed by atoms with E-state index in [1.54, 1.807) is 30.3 Å². The van der Waals surface area contributed by atoms with Crippen LogP contribution in [0.4, 0.5) is 5.82 Å². The molecule has 4 aromatic rings. The van der Waals surface area contributed by atoms with E-state index in [-0.39, 0.29) is 18.1 Å². The number of benzene rings is 2. The van der Waals surface area contributed by atoms with Gasteiger partial charge in [-0.3, -0.25) is 4.79 Å². The average molecular weight is 543 g/mol. The summed E-state index contributed by atoms with van der Waals surface area (Å²) in [5.74, 6) is -0.673. The van der Waals surface area contributed by atoms with Crippen molar-refractivity contribution < 1.29 is 18.3 Å². The van der Waals surface area contributed by atoms with E-state index in [0.29, 0.717) is 23.5 Å². The maximum atomic E-state index is 13.3. The molecule has 8 nitrogen and oxygen atoms in total. The Bertz CT molecular complexity index is 1570. The van der Waals surface area contributed by atoms with Crippen molar-refractivity contribution in [3.8, 4) is 11.1 Å². The summed E-state index contributed by atoms with van der Waals surface area (Å²) in [5.41, 5.74) is 5.27. The van der Waals surface area contributed by atoms with E-state index in [4.69, 9.17) is 5.11 Å². The number of hydrogen-bond donors (Lipinski definition) is 3. The highest BCUT2D eigenvalue weighted by Crippen LogP contribution is 2.27. The van der Waals surface area contributed by atoms with Gasteiger partial charge in [0.05, 0.1) is 12.2 Å². The SMILES string of the molecule is CC/C=C/c1cc(Cc2cccnc2S(=O)(=O)NCc2cccc(NCC(=O)O)n2)ccc1-c1ccccc1. The number of anilines is 1. The quantitative estimate of drug-likeness (QED) is 0.227. The number of hydrogen-bond acceptors (Lipinski definition) is 6. The number of carboxylic acid groups (broad SMARTS) is 1. The van der Waals surface area contributed by atoms with Gasteiger partial charge >= 0.3 is 5.97 Å². The van der Waals surface area contributed by atoms with Crippen molar-refractivity contribution in [2.75, 3.05) is 11.9 Å². The van der Waals surface area contributed by atoms with Gasteiger partial charge in [0.15, 0.2) is 5.03 Å². The Morgan fingerprint density at radius 1 is 1.00 bits per heavy atom. The van der Waals surface area contributed by atoms with Gasteiger partial charge in [0.2, 0.25) is 0 Å². The van der Waals surface area contributed by atoms with E-state index >= 15 is 0 Å². The number of nitrogens with zero attached hydrogens (tertiary/aromatic N) is 2. The smallest absolute Gasteiger partial charge is 0.322 e. The standard InChI is InChI=1S/C30H30N4O4S/c1-2-3-9-24-18-22(15-16-27(24)23-10-5-4-6-11-23)19-25-12-8-17-31-30(25)39(37,38)33-20-26-13-7-14-28(34-26)32-21-29(35)36/h3-18,33H,2,19-21H2,1H3,(H,32,34)(H,35,36)/b9-3+. The molecular formula is C30H30N4O4S. The second-order valence-electron chi connectivity index (χ2n) is 8.83. The number of carbonyl (C=O) groups is 1. The first-order valence-corrected chi connectivity index (χ1v) is 14.0. The second kappa shape index (κ2) is 12.9. The van der Waals surface area contributed by atoms with Crippen LogP contribution in [0.5, 0.6) is 0 Å². The number of pyridine rings is 2. The monoisotopic (exact) mass is 542 g/mol. The zero-order valence-corrected chi connectivity index (χ0v) is 22.4. The average Bonchev–Trinajstić information content (AvgIpc) is 2.95. The van der Waals surface area contributed by atoms with Gasteiger partial charge in [0.25, 0.3) is 10.0 Å². The summed E-state index contributed by atoms with van der Waals surface area (Å²) in [4.78, 5) is 19.3. The largest absolute Gasteiger partial charge is 0.480 e. The van der Waals surface area contributed by atoms with Gasteiger partial charge in [-0.25, -0.2) is 23.1 Å². The highest BCUT2D eigenvalue weighted by molar-refractivity contribution is 7.89. The molecule has 3 N–H and O–H groups in total. The van der Waals surface area contributed by atoms with Gasteiger partial charge in [0.1, 0.15) is 12.4 Å². The molecule has 4 rings (SSSR count). The van der Waals surface area contributed by atoms with E-state index in [2.05, 4.69) is 63.3 Å². The fourth-order valence-electron chi connectivity index (χ4n) is 4.09. The molecule has 0 atom stereocenters. The zero-order chi connectivity index (χ0) is 27.7. The fraction of sp³-hybridized carbons (Fsp3) is 0.167. The van der Waals surface area contributed by atoms with Crippen LogP contribution in [0, 0.1) is 0 Å². The number of aromatic nitrogens is 2. The van der Waals surface area contributed by atoms with Crippen LogP contribution in [0.2, 0.25) is 0 Å². The first kappa shape index (κ1) is 27.7. The van der Waals surface area contributed by atoms with Crippen LogP contribution in [-0.2, 0) is 27.8 Å². The van der Waals surface area contributed by atoms with Gasteiger partial charge in [0, 0.05) is 12.6 Å². The van der Waals surface area contributed by atoms with Crippen molar-refractivity contribution in [2.45, 2.75) is 31.3 Å². The summed E-state index contributed by atoms with van der Waals surface area (Å²) < 4.78 is 29.1. The van der Waals surface area contributed by atoms with Crippen LogP contribution in [0.15, 0.2) is 96.2 Å². The van der Waals surface area contributed by atoms with Crippen LogP contribution in [-0.4, -0.2) is 36.0 Å². The highest BCUT2D eigenvalue weighted by atomic mass is 32.2. The molecule has 0 saturated carbocycles. The van der Waals surface area contributed by atoms with Gasteiger partial charge in [-0.15, -0.1) is 0 Å². The summed E-state index contributed by atoms with van der Waals surface area (Å²) in [7, 11) is -3.95. The third-order valence-electron chi connectivity index (χ3n) is 5.90. The Balaban J connectivity index is 1.55. The van der Waals surface area contributed by atoms with Crippen LogP contribution < -0.4 is 10.0 Å². The Hall–Kier alpha value is -4.34. The molecule has 9 heteroatoms. The molecule has 0 aliphatic heterocycles. The first-order chi connectivity index (χ1) is 18.9. The molecule has 200 valence electrons. The van der Waals surface area contributed by atoms with Gasteiger partial charge < -0.3 is 10.4 Å². The first-order valence-electron chi connectivity index (χ1n) is 12.6. The molecule has 2 aromatic heterocycles. The van der Waals surface area contributed by atoms with Crippen LogP contribution in [0.25, 0.3) is 17.2 Å². The maximum absolute atomic E-state index is 13.3. The third kappa shape index (κ3) is 7.59. The molecule has 2 aromatic carbocycles. The summed E-state index contributed by atoms with van der Waals surface area (Å²) >= 11 is 0. The van der Waals surface area contributed by atoms with Crippen LogP contribution in [0.3, 0.4) is 0 Å². The van der Waals surface area contributed by atoms with E-state index in [1.807, 2.05) is 24.3 Å². The van der Waals surface area contributed by atoms with Gasteiger partial charge in [-0.2, -0.15) is 0 Å². The Morgan fingerprint density at radius 3 is 2.59 bits per heavy atom. The molecule has 2 heterocycles. The molecular weight excluding hydrogens is 512 g/mol. The third-order valence-corrected chi connectivity index (χ3v) is 7.30. The zero-order valence-electron chi connectivity index (χ0n) is 21.5. The lowest BCUT2D eigenvalue weighted by molar-refractivity contribution is -0.134. The number of sulfonamides is 1. The lowest BCUT2D eigenvalue weighted by Gasteiger charge is -2.13. The summed E-state index contributed by atoms with van der Waals surface area (Å²) in [6.45, 7) is 1.72. The topological polar surface area (TPSA) is 121 Å². The molecule has 0 aliphatic rings. The molecule has 0 fully saturated rings. The Labute approximate surface area is 228 Å². The minimum atomic E-state index is -3.95. The second-order valence-corrected chi connectivity index (χ2v) is 10.5. The molecule has 0 amide bonds. The van der Waals surface area contributed by atoms with Gasteiger partial charge in [-0.1, -0.05) is 79.7 Å². The van der Waals surface area contributed by atoms with E-state index in [1.165, 1.54) is 6.20 Å². The molecule has 0 bridgehead atoms. The lowest BCUT2D eigenvalue weighted by atomic mass is 9.95. The van der Waals surface area contributed by atoms with Crippen molar-refractivity contribution in [3.63, 3.8) is 0 Å².